The van der Waals surface area contributed by atoms with E-state index in [2.05, 4.69) is 47.3 Å². The van der Waals surface area contributed by atoms with Crippen LogP contribution in [-0.4, -0.2) is 25.4 Å². The third-order valence-electron chi connectivity index (χ3n) is 5.50. The lowest BCUT2D eigenvalue weighted by Gasteiger charge is -2.11. The van der Waals surface area contributed by atoms with Crippen LogP contribution in [0.3, 0.4) is 0 Å². The van der Waals surface area contributed by atoms with Crippen LogP contribution in [0.25, 0.3) is 16.9 Å². The highest BCUT2D eigenvalue weighted by Gasteiger charge is 2.35. The first-order valence-corrected chi connectivity index (χ1v) is 12.8. The van der Waals surface area contributed by atoms with E-state index in [0.717, 1.165) is 27.1 Å². The lowest BCUT2D eigenvalue weighted by Crippen LogP contribution is -2.16. The number of nitrogens with zero attached hydrogens (tertiary/aromatic N) is 4. The quantitative estimate of drug-likeness (QED) is 0.145. The van der Waals surface area contributed by atoms with E-state index in [4.69, 9.17) is 4.74 Å². The Morgan fingerprint density at radius 1 is 0.925 bits per heavy atom. The number of alkyl halides is 3. The number of ether oxygens (including phenoxy) is 1. The van der Waals surface area contributed by atoms with Crippen molar-refractivity contribution < 1.29 is 27.6 Å². The van der Waals surface area contributed by atoms with Gasteiger partial charge in [-0.2, -0.15) is 18.3 Å². The summed E-state index contributed by atoms with van der Waals surface area (Å²) in [6.45, 7) is 0. The maximum Gasteiger partial charge on any atom is 0.433 e. The predicted octanol–water partition coefficient (Wildman–Crippen LogP) is 7.89. The molecule has 1 N–H and O–H groups in total. The first kappa shape index (κ1) is 27.3. The van der Waals surface area contributed by atoms with Crippen LogP contribution in [0.1, 0.15) is 16.2 Å². The number of non-ortho nitro benzene ring substituents is 1. The number of amides is 1. The van der Waals surface area contributed by atoms with Crippen molar-refractivity contribution in [3.63, 3.8) is 0 Å². The van der Waals surface area contributed by atoms with Gasteiger partial charge in [-0.05, 0) is 42.5 Å². The van der Waals surface area contributed by atoms with E-state index in [1.54, 1.807) is 48.5 Å². The van der Waals surface area contributed by atoms with Gasteiger partial charge in [0.05, 0.1) is 22.4 Å². The van der Waals surface area contributed by atoms with Crippen LogP contribution in [0.5, 0.6) is 11.5 Å². The van der Waals surface area contributed by atoms with E-state index in [-0.39, 0.29) is 34.2 Å². The molecule has 0 fully saturated rings. The zero-order valence-corrected chi connectivity index (χ0v) is 23.0. The molecule has 2 aromatic heterocycles. The molecule has 0 aliphatic rings. The number of halogens is 5. The van der Waals surface area contributed by atoms with Crippen LogP contribution in [0.4, 0.5) is 24.5 Å². The molecule has 0 unspecified atom stereocenters. The van der Waals surface area contributed by atoms with Gasteiger partial charge in [0.15, 0.2) is 17.0 Å². The van der Waals surface area contributed by atoms with Crippen LogP contribution < -0.4 is 10.1 Å². The molecule has 3 aromatic carbocycles. The van der Waals surface area contributed by atoms with Gasteiger partial charge in [-0.15, -0.1) is 0 Å². The molecule has 14 heteroatoms. The first-order chi connectivity index (χ1) is 19.0. The van der Waals surface area contributed by atoms with Crippen molar-refractivity contribution in [1.29, 1.82) is 0 Å². The SMILES string of the molecule is O=C(Nc1cc(Oc2ccc(Br)cc2)cc([N+](=O)[O-])c1)c1cc2nc(-c3ccc(Br)cc3)cc(C(F)(F)F)n2n1. The van der Waals surface area contributed by atoms with Crippen LogP contribution in [0.2, 0.25) is 0 Å². The highest BCUT2D eigenvalue weighted by atomic mass is 79.9. The molecule has 5 aromatic rings. The Bertz CT molecular complexity index is 1760. The van der Waals surface area contributed by atoms with Crippen molar-refractivity contribution in [2.24, 2.45) is 0 Å². The highest BCUT2D eigenvalue weighted by molar-refractivity contribution is 9.10. The lowest BCUT2D eigenvalue weighted by atomic mass is 10.1. The van der Waals surface area contributed by atoms with Crippen LogP contribution in [0.15, 0.2) is 87.8 Å². The number of fused-ring (bicyclic) bond motifs is 1. The van der Waals surface area contributed by atoms with E-state index in [9.17, 15) is 28.1 Å². The zero-order chi connectivity index (χ0) is 28.6. The molecule has 1 amide bonds. The van der Waals surface area contributed by atoms with Crippen LogP contribution in [0, 0.1) is 10.1 Å². The minimum atomic E-state index is -4.80. The summed E-state index contributed by atoms with van der Waals surface area (Å²) in [5.41, 5.74) is -1.66. The number of carbonyl (C=O) groups is 1. The minimum Gasteiger partial charge on any atom is -0.457 e. The van der Waals surface area contributed by atoms with Gasteiger partial charge >= 0.3 is 6.18 Å². The molecule has 0 aliphatic carbocycles. The number of hydrogen-bond acceptors (Lipinski definition) is 6. The molecule has 0 spiro atoms. The molecule has 202 valence electrons. The number of nitrogens with one attached hydrogen (secondary N) is 1. The molecule has 0 atom stereocenters. The second-order valence-corrected chi connectivity index (χ2v) is 10.1. The molecule has 5 rings (SSSR count). The average molecular weight is 677 g/mol. The number of rotatable bonds is 6. The topological polar surface area (TPSA) is 112 Å². The summed E-state index contributed by atoms with van der Waals surface area (Å²) in [4.78, 5) is 28.1. The number of carbonyl (C=O) groups excluding carboxylic acids is 1. The number of anilines is 1. The number of hydrogen-bond donors (Lipinski definition) is 1. The average Bonchev–Trinajstić information content (AvgIpc) is 3.33. The van der Waals surface area contributed by atoms with Crippen molar-refractivity contribution in [2.45, 2.75) is 6.18 Å². The maximum absolute atomic E-state index is 13.9. The zero-order valence-electron chi connectivity index (χ0n) is 19.8. The number of benzene rings is 3. The van der Waals surface area contributed by atoms with Gasteiger partial charge in [-0.3, -0.25) is 14.9 Å². The number of nitro groups is 1. The molecule has 2 heterocycles. The van der Waals surface area contributed by atoms with Crippen LogP contribution >= 0.6 is 31.9 Å². The van der Waals surface area contributed by atoms with Gasteiger partial charge in [0.25, 0.3) is 11.6 Å². The highest BCUT2D eigenvalue weighted by Crippen LogP contribution is 2.33. The Balaban J connectivity index is 1.49. The Hall–Kier alpha value is -4.30. The van der Waals surface area contributed by atoms with Gasteiger partial charge < -0.3 is 10.1 Å². The van der Waals surface area contributed by atoms with Gasteiger partial charge in [0.1, 0.15) is 11.5 Å². The second kappa shape index (κ2) is 10.7. The van der Waals surface area contributed by atoms with Crippen molar-refractivity contribution in [3.8, 4) is 22.8 Å². The molecule has 0 radical (unpaired) electrons. The molecular formula is C26H14Br2F3N5O4. The van der Waals surface area contributed by atoms with Crippen molar-refractivity contribution >= 4 is 54.8 Å². The summed E-state index contributed by atoms with van der Waals surface area (Å²) in [7, 11) is 0. The molecule has 0 saturated heterocycles. The second-order valence-electron chi connectivity index (χ2n) is 8.31. The fourth-order valence-corrected chi connectivity index (χ4v) is 4.24. The summed E-state index contributed by atoms with van der Waals surface area (Å²) < 4.78 is 49.5. The monoisotopic (exact) mass is 675 g/mol. The Kier molecular flexibility index (Phi) is 7.29. The van der Waals surface area contributed by atoms with Gasteiger partial charge in [-0.1, -0.05) is 44.0 Å². The van der Waals surface area contributed by atoms with E-state index < -0.39 is 22.7 Å². The normalized spacial score (nSPS) is 11.4. The molecular weight excluding hydrogens is 663 g/mol. The third-order valence-corrected chi connectivity index (χ3v) is 6.56. The Morgan fingerprint density at radius 2 is 1.57 bits per heavy atom. The Labute approximate surface area is 240 Å². The molecule has 0 bridgehead atoms. The standard InChI is InChI=1S/C26H14Br2F3N5O4/c27-15-3-1-14(2-4-15)21-12-23(26(29,30)31)35-24(33-21)13-22(34-35)25(37)32-17-9-18(36(38)39)11-20(10-17)40-19-7-5-16(28)6-8-19/h1-13H,(H,32,37). The Morgan fingerprint density at radius 3 is 2.20 bits per heavy atom. The van der Waals surface area contributed by atoms with Crippen molar-refractivity contribution in [3.05, 3.63) is 109 Å². The number of nitro benzene ring substituents is 1. The molecule has 0 aliphatic heterocycles. The molecule has 0 saturated carbocycles. The lowest BCUT2D eigenvalue weighted by molar-refractivity contribution is -0.384. The summed E-state index contributed by atoms with van der Waals surface area (Å²) in [6, 6.07) is 18.8. The van der Waals surface area contributed by atoms with Crippen LogP contribution in [-0.2, 0) is 6.18 Å². The van der Waals surface area contributed by atoms with Crippen molar-refractivity contribution in [2.75, 3.05) is 5.32 Å². The maximum atomic E-state index is 13.9. The molecule has 40 heavy (non-hydrogen) atoms. The summed E-state index contributed by atoms with van der Waals surface area (Å²) >= 11 is 6.58. The van der Waals surface area contributed by atoms with Gasteiger partial charge in [-0.25, -0.2) is 9.50 Å². The third kappa shape index (κ3) is 5.97. The predicted molar refractivity (Wildman–Crippen MR) is 146 cm³/mol. The summed E-state index contributed by atoms with van der Waals surface area (Å²) in [5.74, 6) is -0.463. The number of aromatic nitrogens is 3. The van der Waals surface area contributed by atoms with E-state index in [1.165, 1.54) is 12.1 Å². The van der Waals surface area contributed by atoms with Gasteiger partial charge in [0.2, 0.25) is 0 Å². The molecule has 9 nitrogen and oxygen atoms in total. The summed E-state index contributed by atoms with van der Waals surface area (Å²) in [5, 5.41) is 17.7. The minimum absolute atomic E-state index is 0.0251. The summed E-state index contributed by atoms with van der Waals surface area (Å²) in [6.07, 6.45) is -4.80. The van der Waals surface area contributed by atoms with E-state index in [1.807, 2.05) is 0 Å². The van der Waals surface area contributed by atoms with E-state index in [0.29, 0.717) is 15.8 Å². The largest absolute Gasteiger partial charge is 0.457 e. The van der Waals surface area contributed by atoms with Crippen molar-refractivity contribution in [1.82, 2.24) is 14.6 Å². The van der Waals surface area contributed by atoms with E-state index >= 15 is 0 Å². The fraction of sp³-hybridized carbons (Fsp3) is 0.0385. The van der Waals surface area contributed by atoms with Gasteiger partial charge in [0, 0.05) is 32.7 Å². The fourth-order valence-electron chi connectivity index (χ4n) is 3.71. The smallest absolute Gasteiger partial charge is 0.433 e. The first-order valence-electron chi connectivity index (χ1n) is 11.2.